The summed E-state index contributed by atoms with van der Waals surface area (Å²) in [6.45, 7) is 5.74. The van der Waals surface area contributed by atoms with Crippen molar-refractivity contribution in [1.82, 2.24) is 25.2 Å². The fourth-order valence-corrected chi connectivity index (χ4v) is 4.08. The molecule has 1 aliphatic rings. The summed E-state index contributed by atoms with van der Waals surface area (Å²) in [7, 11) is 1.74. The largest absolute Gasteiger partial charge is 0.379 e. The van der Waals surface area contributed by atoms with Crippen LogP contribution < -0.4 is 16.0 Å². The molecular weight excluding hydrogens is 414 g/mol. The van der Waals surface area contributed by atoms with E-state index in [0.29, 0.717) is 22.5 Å². The third-order valence-electron chi connectivity index (χ3n) is 5.64. The molecule has 4 rings (SSSR count). The molecule has 0 spiro atoms. The van der Waals surface area contributed by atoms with Gasteiger partial charge in [-0.25, -0.2) is 9.97 Å². The van der Waals surface area contributed by atoms with Gasteiger partial charge in [-0.3, -0.25) is 4.79 Å². The van der Waals surface area contributed by atoms with Gasteiger partial charge in [-0.15, -0.1) is 0 Å². The molecular formula is C22H28ClN7O. The van der Waals surface area contributed by atoms with Gasteiger partial charge in [0, 0.05) is 30.4 Å². The van der Waals surface area contributed by atoms with E-state index in [1.807, 2.05) is 24.3 Å². The van der Waals surface area contributed by atoms with Gasteiger partial charge in [0.05, 0.1) is 23.5 Å². The summed E-state index contributed by atoms with van der Waals surface area (Å²) < 4.78 is 0. The zero-order valence-corrected chi connectivity index (χ0v) is 18.6. The molecule has 1 saturated heterocycles. The molecule has 1 amide bonds. The molecule has 0 saturated carbocycles. The first-order valence-electron chi connectivity index (χ1n) is 10.7. The number of H-pyrrole nitrogens is 1. The second kappa shape index (κ2) is 9.64. The van der Waals surface area contributed by atoms with Crippen LogP contribution in [0.1, 0.15) is 19.8 Å². The van der Waals surface area contributed by atoms with Gasteiger partial charge < -0.3 is 25.8 Å². The van der Waals surface area contributed by atoms with E-state index in [2.05, 4.69) is 42.7 Å². The molecule has 164 valence electrons. The normalized spacial score (nSPS) is 15.3. The van der Waals surface area contributed by atoms with E-state index in [-0.39, 0.29) is 12.5 Å². The lowest BCUT2D eigenvalue weighted by Crippen LogP contribution is -2.38. The van der Waals surface area contributed by atoms with Gasteiger partial charge in [0.15, 0.2) is 5.65 Å². The Hall–Kier alpha value is -2.68. The number of amides is 1. The molecule has 0 bridgehead atoms. The van der Waals surface area contributed by atoms with Gasteiger partial charge >= 0.3 is 0 Å². The third kappa shape index (κ3) is 4.98. The number of carbonyl (C=O) groups is 1. The molecule has 1 aliphatic heterocycles. The Balaban J connectivity index is 1.54. The van der Waals surface area contributed by atoms with Gasteiger partial charge in [0.2, 0.25) is 5.91 Å². The number of piperidine rings is 1. The zero-order valence-electron chi connectivity index (χ0n) is 17.8. The van der Waals surface area contributed by atoms with Gasteiger partial charge in [-0.1, -0.05) is 18.5 Å². The van der Waals surface area contributed by atoms with Crippen LogP contribution in [0.3, 0.4) is 0 Å². The average Bonchev–Trinajstić information content (AvgIpc) is 3.21. The van der Waals surface area contributed by atoms with E-state index in [4.69, 9.17) is 11.6 Å². The maximum absolute atomic E-state index is 11.7. The highest BCUT2D eigenvalue weighted by Gasteiger charge is 2.21. The third-order valence-corrected chi connectivity index (χ3v) is 5.92. The van der Waals surface area contributed by atoms with Crippen LogP contribution in [0.25, 0.3) is 22.6 Å². The van der Waals surface area contributed by atoms with Crippen LogP contribution in [0.2, 0.25) is 5.02 Å². The minimum Gasteiger partial charge on any atom is -0.379 e. The zero-order chi connectivity index (χ0) is 21.8. The Bertz CT molecular complexity index is 1040. The van der Waals surface area contributed by atoms with E-state index < -0.39 is 0 Å². The van der Waals surface area contributed by atoms with Gasteiger partial charge in [-0.05, 0) is 50.7 Å². The summed E-state index contributed by atoms with van der Waals surface area (Å²) in [6.07, 6.45) is 3.81. The summed E-state index contributed by atoms with van der Waals surface area (Å²) in [5.74, 6) is 0.625. The highest BCUT2D eigenvalue weighted by Crippen LogP contribution is 2.32. The number of halogens is 1. The molecule has 9 heteroatoms. The summed E-state index contributed by atoms with van der Waals surface area (Å²) in [5, 5.41) is 9.88. The number of likely N-dealkylation sites (N-methyl/N-ethyl adjacent to an activating group) is 1. The number of fused-ring (bicyclic) bond motifs is 1. The Morgan fingerprint density at radius 1 is 1.26 bits per heavy atom. The molecule has 0 radical (unpaired) electrons. The Morgan fingerprint density at radius 3 is 2.68 bits per heavy atom. The van der Waals surface area contributed by atoms with E-state index in [1.54, 1.807) is 13.2 Å². The van der Waals surface area contributed by atoms with Crippen LogP contribution in [0.5, 0.6) is 0 Å². The number of likely N-dealkylation sites (tertiary alicyclic amines) is 1. The van der Waals surface area contributed by atoms with Gasteiger partial charge in [0.1, 0.15) is 11.3 Å². The molecule has 0 atom stereocenters. The topological polar surface area (TPSA) is 98.0 Å². The summed E-state index contributed by atoms with van der Waals surface area (Å²) in [6, 6.07) is 7.93. The number of carbonyl (C=O) groups excluding carboxylic acids is 1. The minimum atomic E-state index is -0.0849. The lowest BCUT2D eigenvalue weighted by molar-refractivity contribution is -0.115. The molecule has 31 heavy (non-hydrogen) atoms. The average molecular weight is 442 g/mol. The first-order valence-corrected chi connectivity index (χ1v) is 11.0. The highest BCUT2D eigenvalue weighted by molar-refractivity contribution is 6.34. The van der Waals surface area contributed by atoms with Crippen LogP contribution in [0.4, 0.5) is 11.4 Å². The van der Waals surface area contributed by atoms with Crippen molar-refractivity contribution in [1.29, 1.82) is 0 Å². The maximum atomic E-state index is 11.7. The first-order chi connectivity index (χ1) is 15.1. The quantitative estimate of drug-likeness (QED) is 0.449. The van der Waals surface area contributed by atoms with Crippen LogP contribution in [-0.4, -0.2) is 65.0 Å². The predicted molar refractivity (Wildman–Crippen MR) is 126 cm³/mol. The molecule has 4 N–H and O–H groups in total. The van der Waals surface area contributed by atoms with Crippen molar-refractivity contribution in [2.75, 3.05) is 43.9 Å². The summed E-state index contributed by atoms with van der Waals surface area (Å²) in [5.41, 5.74) is 3.94. The molecule has 3 aromatic rings. The molecule has 1 fully saturated rings. The lowest BCUT2D eigenvalue weighted by Gasteiger charge is -2.32. The van der Waals surface area contributed by atoms with Gasteiger partial charge in [-0.2, -0.15) is 0 Å². The predicted octanol–water partition coefficient (Wildman–Crippen LogP) is 3.33. The number of aromatic nitrogens is 3. The molecule has 0 unspecified atom stereocenters. The minimum absolute atomic E-state index is 0.0849. The number of aromatic amines is 1. The second-order valence-corrected chi connectivity index (χ2v) is 8.18. The van der Waals surface area contributed by atoms with Crippen molar-refractivity contribution >= 4 is 40.0 Å². The number of nitrogens with one attached hydrogen (secondary N) is 4. The SMILES string of the molecule is CCN1CCC(Nc2c(Cl)cnc3nc(-c4ccc(NC(=O)CNC)cc4)[nH]c23)CC1. The Kier molecular flexibility index (Phi) is 6.70. The number of imidazole rings is 1. The summed E-state index contributed by atoms with van der Waals surface area (Å²) in [4.78, 5) is 26.6. The smallest absolute Gasteiger partial charge is 0.238 e. The van der Waals surface area contributed by atoms with E-state index in [1.165, 1.54) is 0 Å². The van der Waals surface area contributed by atoms with Crippen molar-refractivity contribution in [3.05, 3.63) is 35.5 Å². The van der Waals surface area contributed by atoms with Crippen molar-refractivity contribution in [3.8, 4) is 11.4 Å². The lowest BCUT2D eigenvalue weighted by atomic mass is 10.0. The molecule has 3 heterocycles. The van der Waals surface area contributed by atoms with Crippen molar-refractivity contribution in [2.45, 2.75) is 25.8 Å². The van der Waals surface area contributed by atoms with Crippen molar-refractivity contribution in [3.63, 3.8) is 0 Å². The van der Waals surface area contributed by atoms with Crippen molar-refractivity contribution < 1.29 is 4.79 Å². The molecule has 8 nitrogen and oxygen atoms in total. The number of benzene rings is 1. The number of hydrogen-bond donors (Lipinski definition) is 4. The number of rotatable bonds is 7. The van der Waals surface area contributed by atoms with Crippen LogP contribution >= 0.6 is 11.6 Å². The molecule has 0 aliphatic carbocycles. The molecule has 2 aromatic heterocycles. The Labute approximate surface area is 186 Å². The van der Waals surface area contributed by atoms with Crippen LogP contribution in [-0.2, 0) is 4.79 Å². The summed E-state index contributed by atoms with van der Waals surface area (Å²) >= 11 is 6.50. The standard InChI is InChI=1S/C22H28ClN7O/c1-3-30-10-8-16(9-11-30)27-19-17(23)12-25-22-20(19)28-21(29-22)14-4-6-15(7-5-14)26-18(31)13-24-2/h4-7,12,16,24H,3,8-11,13H2,1-2H3,(H,26,31)(H2,25,27,28,29). The fourth-order valence-electron chi connectivity index (χ4n) is 3.89. The van der Waals surface area contributed by atoms with Crippen molar-refractivity contribution in [2.24, 2.45) is 0 Å². The number of nitrogens with zero attached hydrogens (tertiary/aromatic N) is 3. The highest BCUT2D eigenvalue weighted by atomic mass is 35.5. The number of hydrogen-bond acceptors (Lipinski definition) is 6. The van der Waals surface area contributed by atoms with Gasteiger partial charge in [0.25, 0.3) is 0 Å². The van der Waals surface area contributed by atoms with Crippen LogP contribution in [0.15, 0.2) is 30.5 Å². The monoisotopic (exact) mass is 441 g/mol. The van der Waals surface area contributed by atoms with E-state index in [0.717, 1.165) is 54.9 Å². The second-order valence-electron chi connectivity index (χ2n) is 7.77. The number of anilines is 2. The molecule has 1 aromatic carbocycles. The fraction of sp³-hybridized carbons (Fsp3) is 0.409. The maximum Gasteiger partial charge on any atom is 0.238 e. The Morgan fingerprint density at radius 2 is 2.00 bits per heavy atom. The van der Waals surface area contributed by atoms with E-state index in [9.17, 15) is 4.79 Å². The van der Waals surface area contributed by atoms with E-state index >= 15 is 0 Å². The van der Waals surface area contributed by atoms with Crippen LogP contribution in [0, 0.1) is 0 Å². The number of pyridine rings is 1. The first kappa shape index (κ1) is 21.5.